The van der Waals surface area contributed by atoms with Crippen LogP contribution in [0.25, 0.3) is 0 Å². The van der Waals surface area contributed by atoms with Gasteiger partial charge in [0.2, 0.25) is 0 Å². The molecule has 0 saturated carbocycles. The van der Waals surface area contributed by atoms with Crippen molar-refractivity contribution in [3.8, 4) is 0 Å². The zero-order chi connectivity index (χ0) is 13.3. The van der Waals surface area contributed by atoms with Crippen LogP contribution in [0.15, 0.2) is 36.4 Å². The van der Waals surface area contributed by atoms with Gasteiger partial charge in [0.1, 0.15) is 5.82 Å². The molecule has 0 spiro atoms. The third-order valence-corrected chi connectivity index (χ3v) is 3.37. The lowest BCUT2D eigenvalue weighted by Crippen LogP contribution is -2.13. The van der Waals surface area contributed by atoms with Gasteiger partial charge in [-0.2, -0.15) is 0 Å². The SMILES string of the molecule is Cc1ccc(C(N)c2ccc(Cl)c(F)c2)c(C)c1. The molecule has 3 heteroatoms. The molecule has 1 unspecified atom stereocenters. The Morgan fingerprint density at radius 1 is 1.11 bits per heavy atom. The molecule has 0 saturated heterocycles. The third kappa shape index (κ3) is 2.55. The van der Waals surface area contributed by atoms with E-state index in [0.717, 1.165) is 16.7 Å². The largest absolute Gasteiger partial charge is 0.320 e. The molecule has 18 heavy (non-hydrogen) atoms. The molecule has 2 rings (SSSR count). The Hall–Kier alpha value is -1.38. The van der Waals surface area contributed by atoms with E-state index in [4.69, 9.17) is 17.3 Å². The lowest BCUT2D eigenvalue weighted by Gasteiger charge is -2.16. The van der Waals surface area contributed by atoms with E-state index in [0.29, 0.717) is 0 Å². The minimum atomic E-state index is -0.436. The molecule has 2 aromatic rings. The van der Waals surface area contributed by atoms with Crippen LogP contribution in [0.2, 0.25) is 5.02 Å². The van der Waals surface area contributed by atoms with E-state index in [-0.39, 0.29) is 11.1 Å². The van der Waals surface area contributed by atoms with Gasteiger partial charge in [-0.05, 0) is 42.7 Å². The first-order chi connectivity index (χ1) is 8.49. The molecule has 1 atom stereocenters. The van der Waals surface area contributed by atoms with Gasteiger partial charge in [0, 0.05) is 0 Å². The van der Waals surface area contributed by atoms with Crippen molar-refractivity contribution in [1.82, 2.24) is 0 Å². The molecule has 94 valence electrons. The fraction of sp³-hybridized carbons (Fsp3) is 0.200. The summed E-state index contributed by atoms with van der Waals surface area (Å²) < 4.78 is 13.4. The Morgan fingerprint density at radius 3 is 2.44 bits per heavy atom. The Kier molecular flexibility index (Phi) is 3.69. The second kappa shape index (κ2) is 5.09. The predicted molar refractivity (Wildman–Crippen MR) is 73.4 cm³/mol. The summed E-state index contributed by atoms with van der Waals surface area (Å²) >= 11 is 5.67. The minimum Gasteiger partial charge on any atom is -0.320 e. The van der Waals surface area contributed by atoms with Gasteiger partial charge in [0.05, 0.1) is 11.1 Å². The normalized spacial score (nSPS) is 12.5. The molecule has 0 bridgehead atoms. The number of benzene rings is 2. The Balaban J connectivity index is 2.41. The van der Waals surface area contributed by atoms with E-state index in [2.05, 4.69) is 6.07 Å². The Morgan fingerprint density at radius 2 is 1.83 bits per heavy atom. The fourth-order valence-corrected chi connectivity index (χ4v) is 2.18. The first-order valence-electron chi connectivity index (χ1n) is 5.76. The number of aryl methyl sites for hydroxylation is 2. The van der Waals surface area contributed by atoms with Gasteiger partial charge in [-0.3, -0.25) is 0 Å². The van der Waals surface area contributed by atoms with Crippen LogP contribution in [0.3, 0.4) is 0 Å². The minimum absolute atomic E-state index is 0.117. The van der Waals surface area contributed by atoms with Crippen LogP contribution in [0.5, 0.6) is 0 Å². The topological polar surface area (TPSA) is 26.0 Å². The monoisotopic (exact) mass is 263 g/mol. The van der Waals surface area contributed by atoms with Crippen molar-refractivity contribution in [2.75, 3.05) is 0 Å². The van der Waals surface area contributed by atoms with Crippen molar-refractivity contribution >= 4 is 11.6 Å². The maximum atomic E-state index is 13.4. The first kappa shape index (κ1) is 13.1. The summed E-state index contributed by atoms with van der Waals surface area (Å²) in [6.07, 6.45) is 0. The predicted octanol–water partition coefficient (Wildman–Crippen LogP) is 4.14. The summed E-state index contributed by atoms with van der Waals surface area (Å²) in [7, 11) is 0. The molecule has 0 radical (unpaired) electrons. The highest BCUT2D eigenvalue weighted by Gasteiger charge is 2.13. The van der Waals surface area contributed by atoms with Gasteiger partial charge in [-0.25, -0.2) is 4.39 Å². The molecule has 0 heterocycles. The summed E-state index contributed by atoms with van der Waals surface area (Å²) in [6, 6.07) is 10.4. The van der Waals surface area contributed by atoms with E-state index >= 15 is 0 Å². The van der Waals surface area contributed by atoms with Gasteiger partial charge in [0.15, 0.2) is 0 Å². The summed E-state index contributed by atoms with van der Waals surface area (Å²) in [4.78, 5) is 0. The van der Waals surface area contributed by atoms with E-state index in [1.807, 2.05) is 26.0 Å². The molecule has 1 nitrogen and oxygen atoms in total. The number of hydrogen-bond donors (Lipinski definition) is 1. The van der Waals surface area contributed by atoms with Crippen molar-refractivity contribution < 1.29 is 4.39 Å². The van der Waals surface area contributed by atoms with Crippen molar-refractivity contribution in [3.63, 3.8) is 0 Å². The molecule has 0 aromatic heterocycles. The van der Waals surface area contributed by atoms with Gasteiger partial charge < -0.3 is 5.73 Å². The molecule has 0 aliphatic carbocycles. The molecule has 0 fully saturated rings. The maximum Gasteiger partial charge on any atom is 0.142 e. The average molecular weight is 264 g/mol. The lowest BCUT2D eigenvalue weighted by atomic mass is 9.94. The van der Waals surface area contributed by atoms with Crippen LogP contribution in [0.4, 0.5) is 4.39 Å². The van der Waals surface area contributed by atoms with Crippen LogP contribution in [0, 0.1) is 19.7 Å². The van der Waals surface area contributed by atoms with Gasteiger partial charge >= 0.3 is 0 Å². The zero-order valence-corrected chi connectivity index (χ0v) is 11.1. The van der Waals surface area contributed by atoms with Crippen molar-refractivity contribution in [2.24, 2.45) is 5.73 Å². The number of halogens is 2. The van der Waals surface area contributed by atoms with Crippen molar-refractivity contribution in [2.45, 2.75) is 19.9 Å². The highest BCUT2D eigenvalue weighted by Crippen LogP contribution is 2.26. The molecule has 2 aromatic carbocycles. The second-order valence-electron chi connectivity index (χ2n) is 4.51. The number of nitrogens with two attached hydrogens (primary N) is 1. The van der Waals surface area contributed by atoms with Crippen molar-refractivity contribution in [1.29, 1.82) is 0 Å². The molecular weight excluding hydrogens is 249 g/mol. The van der Waals surface area contributed by atoms with E-state index < -0.39 is 5.82 Å². The van der Waals surface area contributed by atoms with Gasteiger partial charge in [-0.15, -0.1) is 0 Å². The molecular formula is C15H15ClFN. The molecule has 0 amide bonds. The Bertz CT molecular complexity index is 581. The third-order valence-electron chi connectivity index (χ3n) is 3.06. The average Bonchev–Trinajstić information content (AvgIpc) is 2.32. The van der Waals surface area contributed by atoms with E-state index in [9.17, 15) is 4.39 Å². The summed E-state index contributed by atoms with van der Waals surface area (Å²) in [5.41, 5.74) is 10.2. The lowest BCUT2D eigenvalue weighted by molar-refractivity contribution is 0.624. The first-order valence-corrected chi connectivity index (χ1v) is 6.14. The molecule has 0 aliphatic heterocycles. The van der Waals surface area contributed by atoms with Crippen LogP contribution in [-0.4, -0.2) is 0 Å². The summed E-state index contributed by atoms with van der Waals surface area (Å²) in [5, 5.41) is 0.117. The highest BCUT2D eigenvalue weighted by atomic mass is 35.5. The van der Waals surface area contributed by atoms with Gasteiger partial charge in [-0.1, -0.05) is 41.4 Å². The standard InChI is InChI=1S/C15H15ClFN/c1-9-3-5-12(10(2)7-9)15(18)11-4-6-13(16)14(17)8-11/h3-8,15H,18H2,1-2H3. The summed E-state index contributed by atoms with van der Waals surface area (Å²) in [5.74, 6) is -0.436. The molecule has 2 N–H and O–H groups in total. The smallest absolute Gasteiger partial charge is 0.142 e. The van der Waals surface area contributed by atoms with E-state index in [1.54, 1.807) is 6.07 Å². The maximum absolute atomic E-state index is 13.4. The number of hydrogen-bond acceptors (Lipinski definition) is 1. The molecule has 0 aliphatic rings. The fourth-order valence-electron chi connectivity index (χ4n) is 2.06. The van der Waals surface area contributed by atoms with E-state index in [1.165, 1.54) is 17.7 Å². The number of rotatable bonds is 2. The van der Waals surface area contributed by atoms with Crippen LogP contribution in [-0.2, 0) is 0 Å². The van der Waals surface area contributed by atoms with Gasteiger partial charge in [0.25, 0.3) is 0 Å². The van der Waals surface area contributed by atoms with Crippen molar-refractivity contribution in [3.05, 3.63) is 69.5 Å². The second-order valence-corrected chi connectivity index (χ2v) is 4.92. The quantitative estimate of drug-likeness (QED) is 0.866. The zero-order valence-electron chi connectivity index (χ0n) is 10.4. The highest BCUT2D eigenvalue weighted by molar-refractivity contribution is 6.30. The summed E-state index contributed by atoms with van der Waals surface area (Å²) in [6.45, 7) is 4.04. The Labute approximate surface area is 111 Å². The van der Waals surface area contributed by atoms with Crippen LogP contribution < -0.4 is 5.73 Å². The van der Waals surface area contributed by atoms with Crippen LogP contribution in [0.1, 0.15) is 28.3 Å². The van der Waals surface area contributed by atoms with Crippen LogP contribution >= 0.6 is 11.6 Å².